The predicted octanol–water partition coefficient (Wildman–Crippen LogP) is 5.47. The number of carbonyl (C=O) groups is 2. The number of cyclic esters (lactones) is 1. The van der Waals surface area contributed by atoms with Crippen molar-refractivity contribution in [3.63, 3.8) is 0 Å². The van der Waals surface area contributed by atoms with E-state index >= 15 is 0 Å². The van der Waals surface area contributed by atoms with Gasteiger partial charge in [0.2, 0.25) is 5.90 Å². The van der Waals surface area contributed by atoms with Crippen LogP contribution >= 0.6 is 68.4 Å². The van der Waals surface area contributed by atoms with E-state index in [0.29, 0.717) is 21.4 Å². The van der Waals surface area contributed by atoms with Crippen molar-refractivity contribution in [2.75, 3.05) is 0 Å². The first-order chi connectivity index (χ1) is 12.7. The number of benzene rings is 2. The van der Waals surface area contributed by atoms with Crippen LogP contribution in [0.15, 0.2) is 41.0 Å². The third-order valence-corrected chi connectivity index (χ3v) is 5.50. The van der Waals surface area contributed by atoms with Crippen LogP contribution in [0.1, 0.15) is 18.1 Å². The van der Waals surface area contributed by atoms with Crippen LogP contribution < -0.4 is 4.74 Å². The van der Waals surface area contributed by atoms with Gasteiger partial charge in [0.15, 0.2) is 11.4 Å². The third-order valence-electron chi connectivity index (χ3n) is 3.35. The second-order valence-corrected chi connectivity index (χ2v) is 8.54. The molecular formula is C18H9Cl2I2NO4. The highest BCUT2D eigenvalue weighted by Crippen LogP contribution is 2.31. The molecule has 2 aromatic rings. The summed E-state index contributed by atoms with van der Waals surface area (Å²) in [5.41, 5.74) is 1.34. The zero-order chi connectivity index (χ0) is 19.7. The van der Waals surface area contributed by atoms with Crippen LogP contribution in [0.2, 0.25) is 10.0 Å². The monoisotopic (exact) mass is 627 g/mol. The summed E-state index contributed by atoms with van der Waals surface area (Å²) in [5, 5.41) is 0.812. The van der Waals surface area contributed by atoms with Crippen molar-refractivity contribution < 1.29 is 19.1 Å². The predicted molar refractivity (Wildman–Crippen MR) is 120 cm³/mol. The lowest BCUT2D eigenvalue weighted by atomic mass is 10.2. The highest BCUT2D eigenvalue weighted by atomic mass is 127. The molecule has 1 aliphatic rings. The maximum atomic E-state index is 12.2. The molecule has 0 N–H and O–H groups in total. The van der Waals surface area contributed by atoms with Gasteiger partial charge in [-0.3, -0.25) is 4.79 Å². The van der Waals surface area contributed by atoms with Crippen LogP contribution in [-0.2, 0) is 14.3 Å². The lowest BCUT2D eigenvalue weighted by molar-refractivity contribution is -0.132. The maximum Gasteiger partial charge on any atom is 0.363 e. The van der Waals surface area contributed by atoms with Gasteiger partial charge in [0.1, 0.15) is 0 Å². The number of aliphatic imine (C=N–C) groups is 1. The average Bonchev–Trinajstić information content (AvgIpc) is 2.91. The molecule has 3 rings (SSSR count). The van der Waals surface area contributed by atoms with Gasteiger partial charge in [-0.1, -0.05) is 23.2 Å². The summed E-state index contributed by atoms with van der Waals surface area (Å²) in [6.07, 6.45) is 1.60. The van der Waals surface area contributed by atoms with Gasteiger partial charge in [0.25, 0.3) is 0 Å². The van der Waals surface area contributed by atoms with Crippen molar-refractivity contribution in [1.82, 2.24) is 0 Å². The molecule has 0 radical (unpaired) electrons. The van der Waals surface area contributed by atoms with Crippen LogP contribution in [0.3, 0.4) is 0 Å². The van der Waals surface area contributed by atoms with E-state index in [9.17, 15) is 9.59 Å². The van der Waals surface area contributed by atoms with Gasteiger partial charge in [0, 0.05) is 11.9 Å². The molecule has 2 aromatic carbocycles. The second kappa shape index (κ2) is 8.46. The van der Waals surface area contributed by atoms with Crippen molar-refractivity contribution in [1.29, 1.82) is 0 Å². The smallest absolute Gasteiger partial charge is 0.363 e. The van der Waals surface area contributed by atoms with Crippen LogP contribution in [0.25, 0.3) is 6.08 Å². The lowest BCUT2D eigenvalue weighted by Crippen LogP contribution is -2.06. The Bertz CT molecular complexity index is 1010. The van der Waals surface area contributed by atoms with E-state index in [1.54, 1.807) is 36.4 Å². The first-order valence-electron chi connectivity index (χ1n) is 7.40. The fraction of sp³-hybridized carbons (Fsp3) is 0.0556. The minimum atomic E-state index is -0.579. The molecule has 0 aromatic heterocycles. The molecule has 9 heteroatoms. The number of hydrogen-bond acceptors (Lipinski definition) is 5. The summed E-state index contributed by atoms with van der Waals surface area (Å²) < 4.78 is 11.9. The van der Waals surface area contributed by atoms with Crippen LogP contribution in [-0.4, -0.2) is 17.8 Å². The average molecular weight is 628 g/mol. The Morgan fingerprint density at radius 2 is 1.85 bits per heavy atom. The topological polar surface area (TPSA) is 65.0 Å². The Kier molecular flexibility index (Phi) is 6.44. The molecule has 0 bridgehead atoms. The largest absolute Gasteiger partial charge is 0.424 e. The normalized spacial score (nSPS) is 14.9. The van der Waals surface area contributed by atoms with Gasteiger partial charge in [-0.2, -0.15) is 0 Å². The summed E-state index contributed by atoms with van der Waals surface area (Å²) in [6, 6.07) is 8.39. The van der Waals surface area contributed by atoms with Crippen LogP contribution in [0.5, 0.6) is 5.75 Å². The molecule has 0 atom stereocenters. The zero-order valence-corrected chi connectivity index (χ0v) is 19.4. The lowest BCUT2D eigenvalue weighted by Gasteiger charge is -2.08. The minimum Gasteiger partial charge on any atom is -0.424 e. The van der Waals surface area contributed by atoms with Crippen LogP contribution in [0, 0.1) is 7.14 Å². The molecule has 5 nitrogen and oxygen atoms in total. The second-order valence-electron chi connectivity index (χ2n) is 5.37. The number of carbonyl (C=O) groups excluding carboxylic acids is 2. The Balaban J connectivity index is 1.96. The van der Waals surface area contributed by atoms with E-state index in [1.165, 1.54) is 6.92 Å². The summed E-state index contributed by atoms with van der Waals surface area (Å²) in [5.74, 6) is -0.374. The summed E-state index contributed by atoms with van der Waals surface area (Å²) in [7, 11) is 0. The van der Waals surface area contributed by atoms with E-state index in [2.05, 4.69) is 50.2 Å². The van der Waals surface area contributed by atoms with Crippen molar-refractivity contribution in [2.45, 2.75) is 6.92 Å². The maximum absolute atomic E-state index is 12.2. The van der Waals surface area contributed by atoms with Gasteiger partial charge < -0.3 is 9.47 Å². The number of esters is 2. The Hall–Kier alpha value is -1.17. The molecule has 0 aliphatic carbocycles. The van der Waals surface area contributed by atoms with E-state index in [0.717, 1.165) is 12.7 Å². The quantitative estimate of drug-likeness (QED) is 0.196. The first-order valence-corrected chi connectivity index (χ1v) is 10.3. The standard InChI is InChI=1S/C18H9Cl2I2NO4/c1-8(24)26-16-13(21)4-9(5-14(16)22)6-15-18(25)27-17(23-15)11-3-2-10(19)7-12(11)20/h2-7H,1H3/b15-6-. The van der Waals surface area contributed by atoms with E-state index < -0.39 is 11.9 Å². The van der Waals surface area contributed by atoms with E-state index in [1.807, 2.05) is 0 Å². The number of hydrogen-bond donors (Lipinski definition) is 0. The van der Waals surface area contributed by atoms with Gasteiger partial charge in [-0.25, -0.2) is 9.79 Å². The molecule has 1 heterocycles. The summed E-state index contributed by atoms with van der Waals surface area (Å²) >= 11 is 16.2. The molecule has 0 spiro atoms. The van der Waals surface area contributed by atoms with Gasteiger partial charge in [-0.15, -0.1) is 0 Å². The van der Waals surface area contributed by atoms with Gasteiger partial charge in [-0.05, 0) is 87.2 Å². The fourth-order valence-electron chi connectivity index (χ4n) is 2.25. The molecule has 27 heavy (non-hydrogen) atoms. The van der Waals surface area contributed by atoms with E-state index in [4.69, 9.17) is 32.7 Å². The number of halogens is 4. The first kappa shape index (κ1) is 20.6. The van der Waals surface area contributed by atoms with E-state index in [-0.39, 0.29) is 11.6 Å². The zero-order valence-electron chi connectivity index (χ0n) is 13.6. The van der Waals surface area contributed by atoms with Crippen molar-refractivity contribution in [3.8, 4) is 5.75 Å². The fourth-order valence-corrected chi connectivity index (χ4v) is 4.78. The highest BCUT2D eigenvalue weighted by Gasteiger charge is 2.26. The molecule has 0 saturated heterocycles. The molecule has 138 valence electrons. The van der Waals surface area contributed by atoms with Crippen LogP contribution in [0.4, 0.5) is 0 Å². The number of rotatable bonds is 3. The van der Waals surface area contributed by atoms with Crippen molar-refractivity contribution >= 4 is 92.3 Å². The molecule has 0 fully saturated rings. The Labute approximate surface area is 192 Å². The van der Waals surface area contributed by atoms with Crippen molar-refractivity contribution in [2.24, 2.45) is 4.99 Å². The van der Waals surface area contributed by atoms with Gasteiger partial charge in [0.05, 0.1) is 17.7 Å². The third kappa shape index (κ3) is 4.82. The number of nitrogens with zero attached hydrogens (tertiary/aromatic N) is 1. The molecule has 1 aliphatic heterocycles. The SMILES string of the molecule is CC(=O)Oc1c(I)cc(/C=C2\N=C(c3ccc(Cl)cc3Cl)OC2=O)cc1I. The Morgan fingerprint density at radius 3 is 2.44 bits per heavy atom. The molecule has 0 saturated carbocycles. The summed E-state index contributed by atoms with van der Waals surface area (Å²) in [6.45, 7) is 1.34. The van der Waals surface area contributed by atoms with Gasteiger partial charge >= 0.3 is 11.9 Å². The minimum absolute atomic E-state index is 0.119. The van der Waals surface area contributed by atoms with Crippen molar-refractivity contribution in [3.05, 3.63) is 64.3 Å². The molecule has 0 amide bonds. The summed E-state index contributed by atoms with van der Waals surface area (Å²) in [4.78, 5) is 27.6. The number of ether oxygens (including phenoxy) is 2. The Morgan fingerprint density at radius 1 is 1.19 bits per heavy atom. The molecular weight excluding hydrogens is 619 g/mol. The highest BCUT2D eigenvalue weighted by molar-refractivity contribution is 14.1. The molecule has 0 unspecified atom stereocenters.